The van der Waals surface area contributed by atoms with Crippen LogP contribution in [0.3, 0.4) is 0 Å². The summed E-state index contributed by atoms with van der Waals surface area (Å²) in [4.78, 5) is 29.2. The number of carbonyl (C=O) groups is 2. The normalized spacial score (nSPS) is 24.5. The quantitative estimate of drug-likeness (QED) is 0.435. The third-order valence-corrected chi connectivity index (χ3v) is 6.71. The van der Waals surface area contributed by atoms with E-state index in [0.717, 1.165) is 0 Å². The van der Waals surface area contributed by atoms with Gasteiger partial charge in [0.2, 0.25) is 5.91 Å². The number of para-hydroxylation sites is 1. The van der Waals surface area contributed by atoms with Crippen LogP contribution < -0.4 is 5.32 Å². The second-order valence-electron chi connectivity index (χ2n) is 8.32. The Bertz CT molecular complexity index is 1260. The number of fused-ring (bicyclic) bond motifs is 2. The lowest BCUT2D eigenvalue weighted by Gasteiger charge is -2.35. The fraction of sp³-hybridized carbons (Fsp3) is 0.200. The van der Waals surface area contributed by atoms with E-state index in [0.29, 0.717) is 23.4 Å². The van der Waals surface area contributed by atoms with E-state index in [4.69, 9.17) is 0 Å². The minimum Gasteiger partial charge on any atom is -0.504 e. The summed E-state index contributed by atoms with van der Waals surface area (Å²) < 4.78 is 14.7. The number of halogens is 1. The molecule has 0 saturated carbocycles. The molecule has 2 aliphatic rings. The number of anilines is 1. The molecule has 1 saturated heterocycles. The average Bonchev–Trinajstić information content (AvgIpc) is 3.25. The molecule has 1 spiro atoms. The molecular weight excluding hydrogens is 411 g/mol. The van der Waals surface area contributed by atoms with Crippen molar-refractivity contribution in [3.63, 3.8) is 0 Å². The Kier molecular flexibility index (Phi) is 4.53. The molecule has 3 aromatic carbocycles. The van der Waals surface area contributed by atoms with E-state index < -0.39 is 29.0 Å². The number of ketones is 1. The van der Waals surface area contributed by atoms with Gasteiger partial charge in [0.25, 0.3) is 0 Å². The molecule has 0 aromatic heterocycles. The van der Waals surface area contributed by atoms with E-state index in [2.05, 4.69) is 5.32 Å². The van der Waals surface area contributed by atoms with E-state index in [1.54, 1.807) is 37.4 Å². The van der Waals surface area contributed by atoms with Crippen LogP contribution in [0.1, 0.15) is 27.4 Å². The zero-order valence-corrected chi connectivity index (χ0v) is 17.2. The monoisotopic (exact) mass is 432 g/mol. The first kappa shape index (κ1) is 20.2. The summed E-state index contributed by atoms with van der Waals surface area (Å²) in [6, 6.07) is 17.3. The van der Waals surface area contributed by atoms with Crippen LogP contribution in [0.5, 0.6) is 11.5 Å². The van der Waals surface area contributed by atoms with Crippen molar-refractivity contribution in [1.29, 1.82) is 0 Å². The Morgan fingerprint density at radius 1 is 1.06 bits per heavy atom. The minimum atomic E-state index is -1.34. The lowest BCUT2D eigenvalue weighted by Crippen LogP contribution is -2.51. The molecule has 6 nitrogen and oxygen atoms in total. The zero-order valence-electron chi connectivity index (χ0n) is 17.2. The molecule has 1 fully saturated rings. The van der Waals surface area contributed by atoms with Gasteiger partial charge in [0, 0.05) is 23.7 Å². The fourth-order valence-electron chi connectivity index (χ4n) is 5.30. The number of nitrogens with zero attached hydrogens (tertiary/aromatic N) is 1. The van der Waals surface area contributed by atoms with Crippen LogP contribution in [0.2, 0.25) is 0 Å². The predicted octanol–water partition coefficient (Wildman–Crippen LogP) is 3.61. The summed E-state index contributed by atoms with van der Waals surface area (Å²) in [7, 11) is 1.77. The van der Waals surface area contributed by atoms with Gasteiger partial charge < -0.3 is 15.5 Å². The van der Waals surface area contributed by atoms with Gasteiger partial charge in [-0.25, -0.2) is 4.39 Å². The van der Waals surface area contributed by atoms with Gasteiger partial charge in [0.15, 0.2) is 17.3 Å². The minimum absolute atomic E-state index is 0.0858. The van der Waals surface area contributed by atoms with Gasteiger partial charge >= 0.3 is 0 Å². The molecule has 162 valence electrons. The number of phenols is 2. The highest BCUT2D eigenvalue weighted by molar-refractivity contribution is 6.12. The average molecular weight is 432 g/mol. The number of rotatable bonds is 3. The first-order valence-electron chi connectivity index (χ1n) is 10.3. The van der Waals surface area contributed by atoms with Gasteiger partial charge in [0.05, 0.1) is 11.5 Å². The number of phenolic OH excluding ortho intramolecular Hbond substituents is 2. The molecule has 7 heteroatoms. The molecule has 0 aliphatic carbocycles. The van der Waals surface area contributed by atoms with Gasteiger partial charge in [0.1, 0.15) is 11.4 Å². The first-order valence-corrected chi connectivity index (χ1v) is 10.3. The van der Waals surface area contributed by atoms with Gasteiger partial charge in [-0.15, -0.1) is 0 Å². The van der Waals surface area contributed by atoms with E-state index in [-0.39, 0.29) is 23.0 Å². The summed E-state index contributed by atoms with van der Waals surface area (Å²) in [5, 5.41) is 22.7. The zero-order chi connectivity index (χ0) is 22.6. The fourth-order valence-corrected chi connectivity index (χ4v) is 5.30. The standard InChI is InChI=1S/C25H21FN2O4/c1-28-13-16(14-10-11-20(29)21(30)12-14)22(23(31)15-6-2-4-8-18(15)26)25(28)17-7-3-5-9-19(17)27-24(25)32/h2-12,16,22,29-30H,13H2,1H3,(H,27,32). The molecular formula is C25H21FN2O4. The van der Waals surface area contributed by atoms with Crippen molar-refractivity contribution < 1.29 is 24.2 Å². The number of carbonyl (C=O) groups excluding carboxylic acids is 2. The maximum absolute atomic E-state index is 14.7. The lowest BCUT2D eigenvalue weighted by atomic mass is 9.70. The molecule has 5 rings (SSSR count). The van der Waals surface area contributed by atoms with E-state index >= 15 is 0 Å². The van der Waals surface area contributed by atoms with E-state index in [1.165, 1.54) is 30.3 Å². The maximum Gasteiger partial charge on any atom is 0.250 e. The van der Waals surface area contributed by atoms with Crippen molar-refractivity contribution in [2.45, 2.75) is 11.5 Å². The number of likely N-dealkylation sites (tertiary alicyclic amines) is 1. The lowest BCUT2D eigenvalue weighted by molar-refractivity contribution is -0.126. The van der Waals surface area contributed by atoms with Crippen molar-refractivity contribution >= 4 is 17.4 Å². The van der Waals surface area contributed by atoms with Gasteiger partial charge in [-0.3, -0.25) is 14.5 Å². The Labute approximate surface area is 183 Å². The van der Waals surface area contributed by atoms with Crippen LogP contribution in [0.15, 0.2) is 66.7 Å². The number of hydrogen-bond acceptors (Lipinski definition) is 5. The third kappa shape index (κ3) is 2.67. The molecule has 3 aromatic rings. The van der Waals surface area contributed by atoms with E-state index in [9.17, 15) is 24.2 Å². The number of nitrogens with one attached hydrogen (secondary N) is 1. The number of benzene rings is 3. The summed E-state index contributed by atoms with van der Waals surface area (Å²) in [6.45, 7) is 0.316. The Balaban J connectivity index is 1.75. The molecule has 3 unspecified atom stereocenters. The second-order valence-corrected chi connectivity index (χ2v) is 8.32. The smallest absolute Gasteiger partial charge is 0.250 e. The van der Waals surface area contributed by atoms with Crippen LogP contribution in [-0.2, 0) is 10.3 Å². The maximum atomic E-state index is 14.7. The summed E-state index contributed by atoms with van der Waals surface area (Å²) in [6.07, 6.45) is 0. The van der Waals surface area contributed by atoms with Crippen LogP contribution in [0.4, 0.5) is 10.1 Å². The van der Waals surface area contributed by atoms with Crippen molar-refractivity contribution in [2.75, 3.05) is 18.9 Å². The van der Waals surface area contributed by atoms with Crippen LogP contribution in [0.25, 0.3) is 0 Å². The number of aromatic hydroxyl groups is 2. The molecule has 0 bridgehead atoms. The molecule has 0 radical (unpaired) electrons. The topological polar surface area (TPSA) is 89.9 Å². The number of likely N-dealkylation sites (N-methyl/N-ethyl adjacent to an activating group) is 1. The van der Waals surface area contributed by atoms with Crippen LogP contribution in [-0.4, -0.2) is 40.4 Å². The van der Waals surface area contributed by atoms with E-state index in [1.807, 2.05) is 11.0 Å². The van der Waals surface area contributed by atoms with Crippen molar-refractivity contribution in [3.8, 4) is 11.5 Å². The highest BCUT2D eigenvalue weighted by Crippen LogP contribution is 2.56. The molecule has 3 atom stereocenters. The van der Waals surface area contributed by atoms with Crippen LogP contribution >= 0.6 is 0 Å². The Morgan fingerprint density at radius 3 is 2.53 bits per heavy atom. The van der Waals surface area contributed by atoms with Crippen molar-refractivity contribution in [1.82, 2.24) is 4.90 Å². The van der Waals surface area contributed by atoms with Crippen molar-refractivity contribution in [2.24, 2.45) is 5.92 Å². The number of hydrogen-bond donors (Lipinski definition) is 3. The van der Waals surface area contributed by atoms with Gasteiger partial charge in [-0.2, -0.15) is 0 Å². The van der Waals surface area contributed by atoms with Gasteiger partial charge in [-0.1, -0.05) is 36.4 Å². The molecule has 1 amide bonds. The van der Waals surface area contributed by atoms with Crippen LogP contribution in [0, 0.1) is 11.7 Å². The number of amides is 1. The second kappa shape index (κ2) is 7.17. The molecule has 2 aliphatic heterocycles. The first-order chi connectivity index (χ1) is 15.4. The summed E-state index contributed by atoms with van der Waals surface area (Å²) in [5.74, 6) is -3.58. The molecule has 32 heavy (non-hydrogen) atoms. The predicted molar refractivity (Wildman–Crippen MR) is 116 cm³/mol. The molecule has 3 N–H and O–H groups in total. The largest absolute Gasteiger partial charge is 0.504 e. The highest BCUT2D eigenvalue weighted by Gasteiger charge is 2.64. The highest BCUT2D eigenvalue weighted by atomic mass is 19.1. The van der Waals surface area contributed by atoms with Gasteiger partial charge in [-0.05, 0) is 42.9 Å². The van der Waals surface area contributed by atoms with Crippen molar-refractivity contribution in [3.05, 3.63) is 89.2 Å². The molecule has 2 heterocycles. The third-order valence-electron chi connectivity index (χ3n) is 6.71. The Hall–Kier alpha value is -3.71. The SMILES string of the molecule is CN1CC(c2ccc(O)c(O)c2)C(C(=O)c2ccccc2F)C12C(=O)Nc1ccccc12. The summed E-state index contributed by atoms with van der Waals surface area (Å²) in [5.41, 5.74) is 0.430. The number of Topliss-reactive ketones (excluding diaryl/α,β-unsaturated/α-hetero) is 1. The Morgan fingerprint density at radius 2 is 1.78 bits per heavy atom. The summed E-state index contributed by atoms with van der Waals surface area (Å²) >= 11 is 0.